The number of piperazine rings is 1. The molecule has 1 aromatic heterocycles. The molecule has 2 aliphatic rings. The lowest BCUT2D eigenvalue weighted by molar-refractivity contribution is -0.132. The van der Waals surface area contributed by atoms with Crippen LogP contribution in [-0.2, 0) is 22.6 Å². The van der Waals surface area contributed by atoms with Crippen molar-refractivity contribution >= 4 is 17.5 Å². The maximum atomic E-state index is 12.5. The van der Waals surface area contributed by atoms with E-state index in [-0.39, 0.29) is 17.7 Å². The Labute approximate surface area is 171 Å². The molecule has 2 aliphatic heterocycles. The van der Waals surface area contributed by atoms with Crippen molar-refractivity contribution in [1.29, 1.82) is 0 Å². The third-order valence-electron chi connectivity index (χ3n) is 5.93. The number of carbonyl (C=O) groups excluding carboxylic acids is 2. The third kappa shape index (κ3) is 4.78. The van der Waals surface area contributed by atoms with E-state index in [0.717, 1.165) is 44.8 Å². The van der Waals surface area contributed by atoms with Gasteiger partial charge in [0.2, 0.25) is 11.8 Å². The molecule has 1 fully saturated rings. The largest absolute Gasteiger partial charge is 0.368 e. The summed E-state index contributed by atoms with van der Waals surface area (Å²) in [7, 11) is 0. The zero-order chi connectivity index (χ0) is 20.1. The van der Waals surface area contributed by atoms with Crippen molar-refractivity contribution in [2.75, 3.05) is 37.6 Å². The molecule has 2 amide bonds. The minimum atomic E-state index is -0.00142. The van der Waals surface area contributed by atoms with Crippen LogP contribution in [-0.4, -0.2) is 59.0 Å². The number of anilines is 1. The standard InChI is InChI=1S/C22H29N5O2/c28-21(26-15-13-25(14-16-26)19-5-2-1-3-6-19)7-4-10-24-22(29)18-8-9-20-23-11-12-27(20)17-18/h1-3,5-6,11-12,18H,4,7-10,13-17H2,(H,24,29). The number of nitrogens with zero attached hydrogens (tertiary/aromatic N) is 4. The number of carbonyl (C=O) groups is 2. The van der Waals surface area contributed by atoms with E-state index in [9.17, 15) is 9.59 Å². The molecule has 1 N–H and O–H groups in total. The second-order valence-corrected chi connectivity index (χ2v) is 7.83. The molecule has 154 valence electrons. The highest BCUT2D eigenvalue weighted by atomic mass is 16.2. The average molecular weight is 396 g/mol. The number of aryl methyl sites for hydroxylation is 1. The van der Waals surface area contributed by atoms with Gasteiger partial charge in [-0.2, -0.15) is 0 Å². The van der Waals surface area contributed by atoms with E-state index < -0.39 is 0 Å². The van der Waals surface area contributed by atoms with Gasteiger partial charge in [0.05, 0.1) is 5.92 Å². The Balaban J connectivity index is 1.13. The van der Waals surface area contributed by atoms with Gasteiger partial charge in [-0.3, -0.25) is 9.59 Å². The molecule has 3 heterocycles. The Bertz CT molecular complexity index is 827. The first-order chi connectivity index (χ1) is 14.2. The molecule has 1 unspecified atom stereocenters. The Kier molecular flexibility index (Phi) is 6.12. The minimum Gasteiger partial charge on any atom is -0.368 e. The molecule has 0 saturated carbocycles. The number of imidazole rings is 1. The average Bonchev–Trinajstić information content (AvgIpc) is 3.25. The molecular formula is C22H29N5O2. The van der Waals surface area contributed by atoms with Crippen LogP contribution in [0.4, 0.5) is 5.69 Å². The first-order valence-electron chi connectivity index (χ1n) is 10.6. The van der Waals surface area contributed by atoms with Crippen LogP contribution in [0.1, 0.15) is 25.1 Å². The molecule has 1 atom stereocenters. The molecule has 0 radical (unpaired) electrons. The SMILES string of the molecule is O=C(NCCCC(=O)N1CCN(c2ccccc2)CC1)C1CCc2nccn2C1. The number of para-hydroxylation sites is 1. The zero-order valence-electron chi connectivity index (χ0n) is 16.8. The van der Waals surface area contributed by atoms with E-state index >= 15 is 0 Å². The topological polar surface area (TPSA) is 70.5 Å². The van der Waals surface area contributed by atoms with Gasteiger partial charge in [0, 0.05) is 70.2 Å². The molecule has 1 aromatic carbocycles. The van der Waals surface area contributed by atoms with Crippen molar-refractivity contribution < 1.29 is 9.59 Å². The molecule has 2 aromatic rings. The first-order valence-corrected chi connectivity index (χ1v) is 10.6. The number of rotatable bonds is 6. The number of hydrogen-bond acceptors (Lipinski definition) is 4. The van der Waals surface area contributed by atoms with Crippen molar-refractivity contribution in [3.63, 3.8) is 0 Å². The lowest BCUT2D eigenvalue weighted by atomic mass is 9.98. The molecule has 0 aliphatic carbocycles. The van der Waals surface area contributed by atoms with Crippen molar-refractivity contribution in [2.45, 2.75) is 32.2 Å². The van der Waals surface area contributed by atoms with E-state index in [1.807, 2.05) is 29.3 Å². The van der Waals surface area contributed by atoms with E-state index in [1.165, 1.54) is 5.69 Å². The predicted octanol–water partition coefficient (Wildman–Crippen LogP) is 1.69. The van der Waals surface area contributed by atoms with E-state index in [4.69, 9.17) is 0 Å². The fourth-order valence-electron chi connectivity index (χ4n) is 4.19. The number of fused-ring (bicyclic) bond motifs is 1. The Morgan fingerprint density at radius 2 is 1.90 bits per heavy atom. The van der Waals surface area contributed by atoms with Crippen LogP contribution in [0.5, 0.6) is 0 Å². The second-order valence-electron chi connectivity index (χ2n) is 7.83. The van der Waals surface area contributed by atoms with Crippen molar-refractivity contribution in [2.24, 2.45) is 5.92 Å². The van der Waals surface area contributed by atoms with Crippen LogP contribution >= 0.6 is 0 Å². The first kappa shape index (κ1) is 19.5. The summed E-state index contributed by atoms with van der Waals surface area (Å²) in [5, 5.41) is 3.01. The number of hydrogen-bond donors (Lipinski definition) is 1. The van der Waals surface area contributed by atoms with Gasteiger partial charge < -0.3 is 19.7 Å². The van der Waals surface area contributed by atoms with Crippen LogP contribution < -0.4 is 10.2 Å². The molecule has 0 spiro atoms. The summed E-state index contributed by atoms with van der Waals surface area (Å²) < 4.78 is 2.06. The van der Waals surface area contributed by atoms with E-state index in [0.29, 0.717) is 25.9 Å². The summed E-state index contributed by atoms with van der Waals surface area (Å²) in [6, 6.07) is 10.3. The van der Waals surface area contributed by atoms with Crippen molar-refractivity contribution in [3.05, 3.63) is 48.5 Å². The maximum absolute atomic E-state index is 12.5. The monoisotopic (exact) mass is 395 g/mol. The Morgan fingerprint density at radius 1 is 1.10 bits per heavy atom. The summed E-state index contributed by atoms with van der Waals surface area (Å²) >= 11 is 0. The highest BCUT2D eigenvalue weighted by Gasteiger charge is 2.25. The molecule has 7 heteroatoms. The van der Waals surface area contributed by atoms with E-state index in [1.54, 1.807) is 6.20 Å². The van der Waals surface area contributed by atoms with Gasteiger partial charge in [0.25, 0.3) is 0 Å². The lowest BCUT2D eigenvalue weighted by Crippen LogP contribution is -2.48. The predicted molar refractivity (Wildman–Crippen MR) is 112 cm³/mol. The van der Waals surface area contributed by atoms with Gasteiger partial charge in [0.1, 0.15) is 5.82 Å². The minimum absolute atomic E-state index is 0.00142. The highest BCUT2D eigenvalue weighted by Crippen LogP contribution is 2.19. The molecule has 4 rings (SSSR count). The molecule has 7 nitrogen and oxygen atoms in total. The number of benzene rings is 1. The van der Waals surface area contributed by atoms with Gasteiger partial charge >= 0.3 is 0 Å². The van der Waals surface area contributed by atoms with Gasteiger partial charge in [-0.05, 0) is 25.0 Å². The van der Waals surface area contributed by atoms with Crippen LogP contribution in [0.15, 0.2) is 42.7 Å². The maximum Gasteiger partial charge on any atom is 0.224 e. The van der Waals surface area contributed by atoms with Crippen LogP contribution in [0.3, 0.4) is 0 Å². The Hall–Kier alpha value is -2.83. The van der Waals surface area contributed by atoms with Crippen LogP contribution in [0, 0.1) is 5.92 Å². The molecular weight excluding hydrogens is 366 g/mol. The van der Waals surface area contributed by atoms with Crippen LogP contribution in [0.2, 0.25) is 0 Å². The fraction of sp³-hybridized carbons (Fsp3) is 0.500. The molecule has 0 bridgehead atoms. The lowest BCUT2D eigenvalue weighted by Gasteiger charge is -2.36. The normalized spacial score (nSPS) is 19.0. The summed E-state index contributed by atoms with van der Waals surface area (Å²) in [6.07, 6.45) is 6.59. The van der Waals surface area contributed by atoms with Crippen molar-refractivity contribution in [3.8, 4) is 0 Å². The molecule has 1 saturated heterocycles. The number of aromatic nitrogens is 2. The van der Waals surface area contributed by atoms with E-state index in [2.05, 4.69) is 31.9 Å². The third-order valence-corrected chi connectivity index (χ3v) is 5.93. The summed E-state index contributed by atoms with van der Waals surface area (Å²) in [5.41, 5.74) is 1.22. The van der Waals surface area contributed by atoms with Gasteiger partial charge in [-0.15, -0.1) is 0 Å². The van der Waals surface area contributed by atoms with Crippen LogP contribution in [0.25, 0.3) is 0 Å². The number of nitrogens with one attached hydrogen (secondary N) is 1. The van der Waals surface area contributed by atoms with Gasteiger partial charge in [-0.1, -0.05) is 18.2 Å². The Morgan fingerprint density at radius 3 is 2.69 bits per heavy atom. The summed E-state index contributed by atoms with van der Waals surface area (Å²) in [6.45, 7) is 4.51. The summed E-state index contributed by atoms with van der Waals surface area (Å²) in [5.74, 6) is 1.34. The number of amides is 2. The van der Waals surface area contributed by atoms with Crippen molar-refractivity contribution in [1.82, 2.24) is 19.8 Å². The summed E-state index contributed by atoms with van der Waals surface area (Å²) in [4.78, 5) is 33.4. The van der Waals surface area contributed by atoms with Gasteiger partial charge in [-0.25, -0.2) is 4.98 Å². The fourth-order valence-corrected chi connectivity index (χ4v) is 4.19. The zero-order valence-corrected chi connectivity index (χ0v) is 16.8. The highest BCUT2D eigenvalue weighted by molar-refractivity contribution is 5.79. The second kappa shape index (κ2) is 9.11. The smallest absolute Gasteiger partial charge is 0.224 e. The molecule has 29 heavy (non-hydrogen) atoms. The van der Waals surface area contributed by atoms with Gasteiger partial charge in [0.15, 0.2) is 0 Å². The quantitative estimate of drug-likeness (QED) is 0.756.